The summed E-state index contributed by atoms with van der Waals surface area (Å²) in [7, 11) is 0. The van der Waals surface area contributed by atoms with E-state index in [-0.39, 0.29) is 44.1 Å². The third-order valence-electron chi connectivity index (χ3n) is 6.61. The summed E-state index contributed by atoms with van der Waals surface area (Å²) < 4.78 is 0. The minimum atomic E-state index is -1.45. The fourth-order valence-corrected chi connectivity index (χ4v) is 4.33. The molecule has 0 bridgehead atoms. The second-order valence-corrected chi connectivity index (χ2v) is 10.5. The van der Waals surface area contributed by atoms with Crippen molar-refractivity contribution in [2.75, 3.05) is 13.1 Å². The Morgan fingerprint density at radius 2 is 1.20 bits per heavy atom. The van der Waals surface area contributed by atoms with Gasteiger partial charge in [0.05, 0.1) is 6.42 Å². The Kier molecular flexibility index (Phi) is 18.4. The second-order valence-electron chi connectivity index (χ2n) is 10.5. The molecule has 16 nitrogen and oxygen atoms in total. The van der Waals surface area contributed by atoms with Gasteiger partial charge in [0.15, 0.2) is 11.9 Å². The van der Waals surface area contributed by atoms with Crippen LogP contribution in [0.1, 0.15) is 69.8 Å². The van der Waals surface area contributed by atoms with Gasteiger partial charge >= 0.3 is 11.9 Å². The van der Waals surface area contributed by atoms with E-state index in [0.29, 0.717) is 18.5 Å². The quantitative estimate of drug-likeness (QED) is 0.0412. The molecule has 0 heterocycles. The van der Waals surface area contributed by atoms with E-state index >= 15 is 0 Å². The predicted octanol–water partition coefficient (Wildman–Crippen LogP) is -0.699. The molecule has 0 aromatic heterocycles. The molecule has 0 unspecified atom stereocenters. The monoisotopic (exact) mass is 633 g/mol. The lowest BCUT2D eigenvalue weighted by Crippen LogP contribution is -2.56. The number of unbranched alkanes of at least 4 members (excludes halogenated alkanes) is 5. The van der Waals surface area contributed by atoms with E-state index in [1.54, 1.807) is 30.3 Å². The number of amides is 3. The number of hydrogen-bond donors (Lipinski definition) is 9. The number of nitrogens with one attached hydrogen (secondary N) is 3. The highest BCUT2D eigenvalue weighted by molar-refractivity contribution is 5.95. The number of aliphatic imine (C=N–C) groups is 2. The number of nitrogens with two attached hydrogens (primary N) is 4. The molecule has 1 rings (SSSR count). The number of aliphatic carboxylic acids is 2. The van der Waals surface area contributed by atoms with Crippen molar-refractivity contribution in [2.24, 2.45) is 32.9 Å². The summed E-state index contributed by atoms with van der Waals surface area (Å²) in [4.78, 5) is 70.1. The van der Waals surface area contributed by atoms with Crippen LogP contribution in [0.25, 0.3) is 0 Å². The number of carbonyl (C=O) groups excluding carboxylic acids is 3. The van der Waals surface area contributed by atoms with Gasteiger partial charge in [-0.05, 0) is 31.2 Å². The van der Waals surface area contributed by atoms with Crippen molar-refractivity contribution in [1.29, 1.82) is 0 Å². The first-order valence-corrected chi connectivity index (χ1v) is 14.9. The van der Waals surface area contributed by atoms with Crippen molar-refractivity contribution in [3.05, 3.63) is 35.9 Å². The van der Waals surface area contributed by atoms with Crippen LogP contribution in [0.4, 0.5) is 0 Å². The molecule has 1 aromatic carbocycles. The fraction of sp³-hybridized carbons (Fsp3) is 0.552. The molecule has 0 saturated heterocycles. The van der Waals surface area contributed by atoms with Gasteiger partial charge in [0, 0.05) is 25.9 Å². The van der Waals surface area contributed by atoms with Crippen LogP contribution >= 0.6 is 0 Å². The topological polar surface area (TPSA) is 291 Å². The average molecular weight is 634 g/mol. The van der Waals surface area contributed by atoms with Crippen molar-refractivity contribution >= 4 is 41.6 Å². The van der Waals surface area contributed by atoms with Crippen molar-refractivity contribution in [1.82, 2.24) is 16.0 Å². The standard InChI is InChI=1S/C29H47N9O7/c30-28(31)34-15-9-4-2-1-3-8-14-23(39)36-22(18-24(40)41)26(43)38-21(17-19-11-6-5-7-12-19)25(42)37-20(27(44)45)13-10-16-35-29(32)33/h5-7,11-12,20-22H,1-4,8-10,13-18H2,(H,36,39)(H,37,42)(H,38,43)(H,40,41)(H,44,45)(H4,30,31,34)(H4,32,33,35)/t20-,21-,22-/m0/s1. The maximum atomic E-state index is 13.2. The van der Waals surface area contributed by atoms with Crippen LogP contribution in [0.15, 0.2) is 40.3 Å². The lowest BCUT2D eigenvalue weighted by molar-refractivity contribution is -0.143. The van der Waals surface area contributed by atoms with Crippen molar-refractivity contribution in [3.8, 4) is 0 Å². The maximum absolute atomic E-state index is 13.2. The summed E-state index contributed by atoms with van der Waals surface area (Å²) in [5, 5.41) is 26.4. The zero-order valence-corrected chi connectivity index (χ0v) is 25.5. The SMILES string of the molecule is NC(N)=NCCCCCCCCC(=O)N[C@@H](CC(=O)O)C(=O)N[C@@H](Cc1ccccc1)C(=O)N[C@@H](CCCN=C(N)N)C(=O)O. The number of nitrogens with zero attached hydrogens (tertiary/aromatic N) is 2. The van der Waals surface area contributed by atoms with E-state index in [2.05, 4.69) is 25.9 Å². The minimum Gasteiger partial charge on any atom is -0.481 e. The summed E-state index contributed by atoms with van der Waals surface area (Å²) in [6.45, 7) is 0.718. The Balaban J connectivity index is 2.83. The van der Waals surface area contributed by atoms with Gasteiger partial charge in [-0.1, -0.05) is 56.0 Å². The van der Waals surface area contributed by atoms with Crippen molar-refractivity contribution in [2.45, 2.75) is 88.8 Å². The largest absolute Gasteiger partial charge is 0.481 e. The van der Waals surface area contributed by atoms with Crippen LogP contribution in [0.5, 0.6) is 0 Å². The smallest absolute Gasteiger partial charge is 0.326 e. The highest BCUT2D eigenvalue weighted by Gasteiger charge is 2.30. The summed E-state index contributed by atoms with van der Waals surface area (Å²) in [5.74, 6) is -4.88. The molecule has 250 valence electrons. The molecule has 45 heavy (non-hydrogen) atoms. The van der Waals surface area contributed by atoms with Gasteiger partial charge in [-0.2, -0.15) is 0 Å². The van der Waals surface area contributed by atoms with Crippen LogP contribution in [-0.4, -0.2) is 83.0 Å². The second kappa shape index (κ2) is 21.7. The van der Waals surface area contributed by atoms with E-state index in [9.17, 15) is 34.2 Å². The first-order valence-electron chi connectivity index (χ1n) is 14.9. The summed E-state index contributed by atoms with van der Waals surface area (Å²) in [5.41, 5.74) is 21.8. The highest BCUT2D eigenvalue weighted by Crippen LogP contribution is 2.09. The molecule has 16 heteroatoms. The minimum absolute atomic E-state index is 0.0134. The molecule has 0 aliphatic carbocycles. The van der Waals surface area contributed by atoms with Gasteiger partial charge < -0.3 is 49.1 Å². The zero-order valence-electron chi connectivity index (χ0n) is 25.5. The predicted molar refractivity (Wildman–Crippen MR) is 169 cm³/mol. The fourth-order valence-electron chi connectivity index (χ4n) is 4.33. The van der Waals surface area contributed by atoms with Crippen molar-refractivity contribution < 1.29 is 34.2 Å². The van der Waals surface area contributed by atoms with Gasteiger partial charge in [0.1, 0.15) is 18.1 Å². The van der Waals surface area contributed by atoms with Gasteiger partial charge in [-0.25, -0.2) is 4.79 Å². The lowest BCUT2D eigenvalue weighted by atomic mass is 10.0. The van der Waals surface area contributed by atoms with E-state index in [1.165, 1.54) is 0 Å². The Morgan fingerprint density at radius 1 is 0.667 bits per heavy atom. The Hall–Kier alpha value is -4.89. The Bertz CT molecular complexity index is 1150. The average Bonchev–Trinajstić information content (AvgIpc) is 2.96. The number of rotatable bonds is 23. The third kappa shape index (κ3) is 18.4. The van der Waals surface area contributed by atoms with E-state index in [4.69, 9.17) is 22.9 Å². The van der Waals surface area contributed by atoms with Gasteiger partial charge in [0.25, 0.3) is 0 Å². The third-order valence-corrected chi connectivity index (χ3v) is 6.61. The number of carboxylic acid groups (broad SMARTS) is 2. The van der Waals surface area contributed by atoms with Gasteiger partial charge in [-0.15, -0.1) is 0 Å². The number of carboxylic acids is 2. The van der Waals surface area contributed by atoms with E-state index < -0.39 is 54.2 Å². The Labute approximate surface area is 262 Å². The molecule has 0 aliphatic rings. The number of guanidine groups is 2. The zero-order chi connectivity index (χ0) is 33.6. The molecule has 0 saturated carbocycles. The van der Waals surface area contributed by atoms with Crippen LogP contribution in [-0.2, 0) is 30.4 Å². The normalized spacial score (nSPS) is 12.5. The highest BCUT2D eigenvalue weighted by atomic mass is 16.4. The van der Waals surface area contributed by atoms with E-state index in [0.717, 1.165) is 32.1 Å². The first-order chi connectivity index (χ1) is 21.4. The summed E-state index contributed by atoms with van der Waals surface area (Å²) >= 11 is 0. The molecule has 3 atom stereocenters. The molecule has 0 aliphatic heterocycles. The summed E-state index contributed by atoms with van der Waals surface area (Å²) in [6.07, 6.45) is 4.56. The number of benzene rings is 1. The summed E-state index contributed by atoms with van der Waals surface area (Å²) in [6, 6.07) is 4.65. The molecule has 0 spiro atoms. The van der Waals surface area contributed by atoms with Crippen LogP contribution in [0.3, 0.4) is 0 Å². The van der Waals surface area contributed by atoms with Crippen LogP contribution in [0.2, 0.25) is 0 Å². The van der Waals surface area contributed by atoms with Crippen LogP contribution < -0.4 is 38.9 Å². The van der Waals surface area contributed by atoms with Gasteiger partial charge in [0.2, 0.25) is 17.7 Å². The lowest BCUT2D eigenvalue weighted by Gasteiger charge is -2.24. The first kappa shape index (κ1) is 38.1. The van der Waals surface area contributed by atoms with Gasteiger partial charge in [-0.3, -0.25) is 29.2 Å². The Morgan fingerprint density at radius 3 is 1.78 bits per heavy atom. The molecule has 13 N–H and O–H groups in total. The number of hydrogen-bond acceptors (Lipinski definition) is 7. The van der Waals surface area contributed by atoms with E-state index in [1.807, 2.05) is 0 Å². The molecule has 3 amide bonds. The van der Waals surface area contributed by atoms with Crippen LogP contribution in [0, 0.1) is 0 Å². The van der Waals surface area contributed by atoms with Crippen molar-refractivity contribution in [3.63, 3.8) is 0 Å². The molecule has 0 fully saturated rings. The molecular formula is C29H47N9O7. The maximum Gasteiger partial charge on any atom is 0.326 e. The number of carbonyl (C=O) groups is 5. The molecule has 1 aromatic rings. The molecular weight excluding hydrogens is 586 g/mol. The molecule has 0 radical (unpaired) electrons.